The normalized spacial score (nSPS) is 15.8. The molecule has 3 aromatic rings. The number of carbonyl (C=O) groups is 2. The Hall–Kier alpha value is -3.16. The summed E-state index contributed by atoms with van der Waals surface area (Å²) in [6, 6.07) is 14.0. The number of fused-ring (bicyclic) bond motifs is 1. The minimum Gasteiger partial charge on any atom is -0.295 e. The van der Waals surface area contributed by atoms with Crippen molar-refractivity contribution >= 4 is 53.0 Å². The van der Waals surface area contributed by atoms with Gasteiger partial charge in [0.2, 0.25) is 11.9 Å². The van der Waals surface area contributed by atoms with Gasteiger partial charge in [0.05, 0.1) is 12.5 Å². The van der Waals surface area contributed by atoms with Gasteiger partial charge < -0.3 is 0 Å². The van der Waals surface area contributed by atoms with Crippen molar-refractivity contribution in [2.45, 2.75) is 12.5 Å². The number of hydrogen-bond acceptors (Lipinski definition) is 4. The van der Waals surface area contributed by atoms with Crippen LogP contribution in [0.4, 0.5) is 11.9 Å². The van der Waals surface area contributed by atoms with Crippen LogP contribution in [0, 0.1) is 0 Å². The molecule has 1 aromatic heterocycles. The number of amides is 2. The molecule has 29 heavy (non-hydrogen) atoms. The molecule has 0 fully saturated rings. The maximum Gasteiger partial charge on any atom is 0.250 e. The van der Waals surface area contributed by atoms with Gasteiger partial charge in [0, 0.05) is 16.1 Å². The smallest absolute Gasteiger partial charge is 0.250 e. The first-order valence-electron chi connectivity index (χ1n) is 8.75. The summed E-state index contributed by atoms with van der Waals surface area (Å²) in [6.45, 7) is 0. The standard InChI is InChI=1S/C20H15Cl2N5O2/c21-14-8-5-13(6-9-14)16-11-18(29)24-20-25-19(26-27(16)20)23-17(28)10-7-12-3-1-2-4-15(12)22/h1-10,16H,11H2,(H2,23,24,25,26,28,29)/b10-7+/t16-/m1/s1. The topological polar surface area (TPSA) is 88.9 Å². The lowest BCUT2D eigenvalue weighted by atomic mass is 10.0. The highest BCUT2D eigenvalue weighted by Crippen LogP contribution is 2.30. The highest BCUT2D eigenvalue weighted by atomic mass is 35.5. The van der Waals surface area contributed by atoms with E-state index in [9.17, 15) is 9.59 Å². The van der Waals surface area contributed by atoms with Crippen LogP contribution in [0.1, 0.15) is 23.6 Å². The Morgan fingerprint density at radius 3 is 2.69 bits per heavy atom. The second-order valence-corrected chi connectivity index (χ2v) is 7.21. The van der Waals surface area contributed by atoms with Crippen LogP contribution in [-0.4, -0.2) is 26.6 Å². The molecule has 0 saturated heterocycles. The lowest BCUT2D eigenvalue weighted by molar-refractivity contribution is -0.117. The van der Waals surface area contributed by atoms with Gasteiger partial charge in [-0.05, 0) is 35.4 Å². The van der Waals surface area contributed by atoms with Gasteiger partial charge >= 0.3 is 0 Å². The first-order valence-corrected chi connectivity index (χ1v) is 9.50. The molecule has 2 heterocycles. The average Bonchev–Trinajstić information content (AvgIpc) is 3.09. The van der Waals surface area contributed by atoms with Gasteiger partial charge in [-0.1, -0.05) is 53.5 Å². The molecule has 2 aromatic carbocycles. The van der Waals surface area contributed by atoms with E-state index < -0.39 is 5.91 Å². The Morgan fingerprint density at radius 2 is 1.93 bits per heavy atom. The van der Waals surface area contributed by atoms with Gasteiger partial charge in [0.15, 0.2) is 0 Å². The van der Waals surface area contributed by atoms with Crippen molar-refractivity contribution in [2.24, 2.45) is 0 Å². The zero-order valence-corrected chi connectivity index (χ0v) is 16.5. The molecule has 0 bridgehead atoms. The maximum absolute atomic E-state index is 12.2. The molecule has 7 nitrogen and oxygen atoms in total. The number of carbonyl (C=O) groups excluding carboxylic acids is 2. The first kappa shape index (κ1) is 19.2. The summed E-state index contributed by atoms with van der Waals surface area (Å²) in [5.41, 5.74) is 1.59. The van der Waals surface area contributed by atoms with Crippen molar-refractivity contribution < 1.29 is 9.59 Å². The van der Waals surface area contributed by atoms with Crippen molar-refractivity contribution in [3.05, 3.63) is 75.8 Å². The first-order chi connectivity index (χ1) is 14.0. The number of rotatable bonds is 4. The molecule has 0 unspecified atom stereocenters. The van der Waals surface area contributed by atoms with Crippen LogP contribution in [0.15, 0.2) is 54.6 Å². The van der Waals surface area contributed by atoms with Crippen molar-refractivity contribution in [1.82, 2.24) is 14.8 Å². The van der Waals surface area contributed by atoms with Gasteiger partial charge in [0.25, 0.3) is 11.9 Å². The minimum atomic E-state index is -0.415. The summed E-state index contributed by atoms with van der Waals surface area (Å²) in [7, 11) is 0. The predicted octanol–water partition coefficient (Wildman–Crippen LogP) is 4.17. The van der Waals surface area contributed by atoms with Crippen LogP contribution in [0.2, 0.25) is 10.0 Å². The summed E-state index contributed by atoms with van der Waals surface area (Å²) in [5, 5.41) is 10.8. The largest absolute Gasteiger partial charge is 0.295 e. The fourth-order valence-corrected chi connectivity index (χ4v) is 3.31. The van der Waals surface area contributed by atoms with Gasteiger partial charge in [-0.25, -0.2) is 4.68 Å². The number of benzene rings is 2. The van der Waals surface area contributed by atoms with Crippen molar-refractivity contribution in [2.75, 3.05) is 10.6 Å². The minimum absolute atomic E-state index is 0.0926. The number of halogens is 2. The van der Waals surface area contributed by atoms with Crippen LogP contribution in [0.3, 0.4) is 0 Å². The summed E-state index contributed by atoms with van der Waals surface area (Å²) in [6.07, 6.45) is 3.15. The van der Waals surface area contributed by atoms with E-state index in [0.29, 0.717) is 10.0 Å². The van der Waals surface area contributed by atoms with E-state index >= 15 is 0 Å². The Kier molecular flexibility index (Phi) is 5.33. The van der Waals surface area contributed by atoms with Crippen LogP contribution in [0.5, 0.6) is 0 Å². The second kappa shape index (κ2) is 8.06. The second-order valence-electron chi connectivity index (χ2n) is 6.37. The Bertz CT molecular complexity index is 1110. The third kappa shape index (κ3) is 4.31. The Labute approximate surface area is 176 Å². The molecule has 9 heteroatoms. The lowest BCUT2D eigenvalue weighted by Gasteiger charge is -2.23. The van der Waals surface area contributed by atoms with Crippen molar-refractivity contribution in [3.8, 4) is 0 Å². The van der Waals surface area contributed by atoms with Gasteiger partial charge in [-0.3, -0.25) is 20.2 Å². The van der Waals surface area contributed by atoms with Gasteiger partial charge in [-0.2, -0.15) is 4.98 Å². The Balaban J connectivity index is 1.54. The van der Waals surface area contributed by atoms with Crippen LogP contribution >= 0.6 is 23.2 Å². The van der Waals surface area contributed by atoms with Crippen molar-refractivity contribution in [1.29, 1.82) is 0 Å². The van der Waals surface area contributed by atoms with E-state index in [-0.39, 0.29) is 30.3 Å². The zero-order chi connectivity index (χ0) is 20.4. The van der Waals surface area contributed by atoms with Gasteiger partial charge in [-0.15, -0.1) is 5.10 Å². The summed E-state index contributed by atoms with van der Waals surface area (Å²) in [4.78, 5) is 28.5. The molecule has 0 radical (unpaired) electrons. The molecule has 4 rings (SSSR count). The SMILES string of the molecule is O=C(/C=C/c1ccccc1Cl)Nc1nc2n(n1)[C@@H](c1ccc(Cl)cc1)CC(=O)N2. The molecule has 0 aliphatic carbocycles. The maximum atomic E-state index is 12.2. The molecule has 2 N–H and O–H groups in total. The zero-order valence-electron chi connectivity index (χ0n) is 15.0. The molecule has 1 aliphatic heterocycles. The fourth-order valence-electron chi connectivity index (χ4n) is 2.99. The number of aromatic nitrogens is 3. The molecular formula is C20H15Cl2N5O2. The average molecular weight is 428 g/mol. The van der Waals surface area contributed by atoms with E-state index in [1.807, 2.05) is 24.3 Å². The van der Waals surface area contributed by atoms with Crippen LogP contribution in [0.25, 0.3) is 6.08 Å². The third-order valence-electron chi connectivity index (χ3n) is 4.37. The molecule has 0 spiro atoms. The molecule has 1 atom stereocenters. The summed E-state index contributed by atoms with van der Waals surface area (Å²) < 4.78 is 1.58. The van der Waals surface area contributed by atoms with E-state index in [4.69, 9.17) is 23.2 Å². The molecule has 146 valence electrons. The van der Waals surface area contributed by atoms with E-state index in [1.165, 1.54) is 6.08 Å². The summed E-state index contributed by atoms with van der Waals surface area (Å²) in [5.74, 6) is -0.231. The number of anilines is 2. The van der Waals surface area contributed by atoms with E-state index in [1.54, 1.807) is 35.0 Å². The van der Waals surface area contributed by atoms with E-state index in [2.05, 4.69) is 20.7 Å². The molecule has 0 saturated carbocycles. The van der Waals surface area contributed by atoms with Gasteiger partial charge in [0.1, 0.15) is 0 Å². The predicted molar refractivity (Wildman–Crippen MR) is 112 cm³/mol. The van der Waals surface area contributed by atoms with Crippen LogP contribution in [-0.2, 0) is 9.59 Å². The molecule has 1 aliphatic rings. The molecular weight excluding hydrogens is 413 g/mol. The summed E-state index contributed by atoms with van der Waals surface area (Å²) >= 11 is 12.0. The number of nitrogens with one attached hydrogen (secondary N) is 2. The van der Waals surface area contributed by atoms with Crippen LogP contribution < -0.4 is 10.6 Å². The fraction of sp³-hybridized carbons (Fsp3) is 0.100. The highest BCUT2D eigenvalue weighted by Gasteiger charge is 2.29. The number of hydrogen-bond donors (Lipinski definition) is 2. The van der Waals surface area contributed by atoms with E-state index in [0.717, 1.165) is 11.1 Å². The third-order valence-corrected chi connectivity index (χ3v) is 4.96. The highest BCUT2D eigenvalue weighted by molar-refractivity contribution is 6.32. The number of nitrogens with zero attached hydrogens (tertiary/aromatic N) is 3. The van der Waals surface area contributed by atoms with Crippen molar-refractivity contribution in [3.63, 3.8) is 0 Å². The monoisotopic (exact) mass is 427 g/mol. The quantitative estimate of drug-likeness (QED) is 0.611. The lowest BCUT2D eigenvalue weighted by Crippen LogP contribution is -2.29. The molecule has 2 amide bonds. The Morgan fingerprint density at radius 1 is 1.17 bits per heavy atom.